The summed E-state index contributed by atoms with van der Waals surface area (Å²) in [5.41, 5.74) is -0.496. The molecular formula is C12H23NO3. The van der Waals surface area contributed by atoms with E-state index in [9.17, 15) is 9.90 Å². The van der Waals surface area contributed by atoms with Crippen LogP contribution in [0.4, 0.5) is 4.79 Å². The molecule has 0 aromatic rings. The zero-order valence-electron chi connectivity index (χ0n) is 10.9. The highest BCUT2D eigenvalue weighted by Crippen LogP contribution is 2.35. The number of carbonyl (C=O) groups is 1. The van der Waals surface area contributed by atoms with E-state index in [4.69, 9.17) is 4.74 Å². The lowest BCUT2D eigenvalue weighted by atomic mass is 9.83. The highest BCUT2D eigenvalue weighted by Gasteiger charge is 2.41. The van der Waals surface area contributed by atoms with Crippen LogP contribution in [0.15, 0.2) is 0 Å². The van der Waals surface area contributed by atoms with Gasteiger partial charge in [-0.1, -0.05) is 13.8 Å². The second kappa shape index (κ2) is 4.24. The maximum atomic E-state index is 11.8. The zero-order chi connectivity index (χ0) is 12.6. The Kier molecular flexibility index (Phi) is 3.53. The monoisotopic (exact) mass is 229 g/mol. The minimum atomic E-state index is -0.460. The van der Waals surface area contributed by atoms with Gasteiger partial charge in [0.2, 0.25) is 0 Å². The zero-order valence-corrected chi connectivity index (χ0v) is 10.9. The number of amides is 1. The van der Waals surface area contributed by atoms with Crippen molar-refractivity contribution in [3.63, 3.8) is 0 Å². The van der Waals surface area contributed by atoms with Gasteiger partial charge in [-0.2, -0.15) is 0 Å². The van der Waals surface area contributed by atoms with Gasteiger partial charge in [0.05, 0.1) is 0 Å². The van der Waals surface area contributed by atoms with Crippen molar-refractivity contribution in [2.24, 2.45) is 11.3 Å². The van der Waals surface area contributed by atoms with Gasteiger partial charge in [-0.25, -0.2) is 4.79 Å². The Labute approximate surface area is 97.6 Å². The van der Waals surface area contributed by atoms with Crippen LogP contribution in [0.3, 0.4) is 0 Å². The Hall–Kier alpha value is -0.770. The number of rotatable bonds is 1. The second-order valence-electron chi connectivity index (χ2n) is 6.23. The van der Waals surface area contributed by atoms with E-state index in [1.54, 1.807) is 4.90 Å². The molecular weight excluding hydrogens is 206 g/mol. The van der Waals surface area contributed by atoms with E-state index >= 15 is 0 Å². The van der Waals surface area contributed by atoms with Gasteiger partial charge in [-0.3, -0.25) is 0 Å². The quantitative estimate of drug-likeness (QED) is 0.746. The van der Waals surface area contributed by atoms with Crippen LogP contribution in [0.1, 0.15) is 34.6 Å². The second-order valence-corrected chi connectivity index (χ2v) is 6.23. The predicted molar refractivity (Wildman–Crippen MR) is 62.2 cm³/mol. The van der Waals surface area contributed by atoms with E-state index in [0.717, 1.165) is 0 Å². The molecule has 1 amide bonds. The molecule has 1 saturated heterocycles. The molecule has 1 fully saturated rings. The van der Waals surface area contributed by atoms with Gasteiger partial charge in [0.1, 0.15) is 5.60 Å². The molecule has 0 saturated carbocycles. The van der Waals surface area contributed by atoms with Gasteiger partial charge < -0.3 is 14.7 Å². The highest BCUT2D eigenvalue weighted by molar-refractivity contribution is 5.68. The number of hydrogen-bond acceptors (Lipinski definition) is 3. The molecule has 16 heavy (non-hydrogen) atoms. The van der Waals surface area contributed by atoms with Gasteiger partial charge in [0, 0.05) is 25.6 Å². The average molecular weight is 229 g/mol. The molecule has 94 valence electrons. The SMILES string of the molecule is CC(C)(C)OC(=O)N1CC(CO)C(C)(C)C1. The van der Waals surface area contributed by atoms with E-state index in [2.05, 4.69) is 13.8 Å². The fourth-order valence-corrected chi connectivity index (χ4v) is 1.97. The third-order valence-corrected chi connectivity index (χ3v) is 3.02. The summed E-state index contributed by atoms with van der Waals surface area (Å²) in [7, 11) is 0. The molecule has 0 aromatic carbocycles. The van der Waals surface area contributed by atoms with Gasteiger partial charge in [0.25, 0.3) is 0 Å². The van der Waals surface area contributed by atoms with Crippen LogP contribution in [0.25, 0.3) is 0 Å². The fraction of sp³-hybridized carbons (Fsp3) is 0.917. The maximum absolute atomic E-state index is 11.8. The van der Waals surface area contributed by atoms with Crippen LogP contribution >= 0.6 is 0 Å². The molecule has 1 aliphatic heterocycles. The number of aliphatic hydroxyl groups is 1. The van der Waals surface area contributed by atoms with Crippen LogP contribution in [0.5, 0.6) is 0 Å². The van der Waals surface area contributed by atoms with Crippen LogP contribution in [-0.4, -0.2) is 41.4 Å². The number of nitrogens with zero attached hydrogens (tertiary/aromatic N) is 1. The first-order valence-corrected chi connectivity index (χ1v) is 5.74. The molecule has 4 nitrogen and oxygen atoms in total. The molecule has 1 aliphatic rings. The van der Waals surface area contributed by atoms with Crippen molar-refractivity contribution in [2.45, 2.75) is 40.2 Å². The Bertz CT molecular complexity index is 268. The van der Waals surface area contributed by atoms with E-state index in [0.29, 0.717) is 13.1 Å². The third kappa shape index (κ3) is 3.11. The lowest BCUT2D eigenvalue weighted by molar-refractivity contribution is 0.0275. The number of hydrogen-bond donors (Lipinski definition) is 1. The minimum absolute atomic E-state index is 0.0361. The predicted octanol–water partition coefficient (Wildman–Crippen LogP) is 1.87. The standard InChI is InChI=1S/C12H23NO3/c1-11(2,3)16-10(15)13-6-9(7-14)12(4,5)8-13/h9,14H,6-8H2,1-5H3. The first-order chi connectivity index (χ1) is 7.15. The molecule has 0 radical (unpaired) electrons. The molecule has 1 unspecified atom stereocenters. The highest BCUT2D eigenvalue weighted by atomic mass is 16.6. The van der Waals surface area contributed by atoms with Gasteiger partial charge in [-0.05, 0) is 26.2 Å². The molecule has 0 aromatic heterocycles. The minimum Gasteiger partial charge on any atom is -0.444 e. The van der Waals surface area contributed by atoms with Gasteiger partial charge >= 0.3 is 6.09 Å². The van der Waals surface area contributed by atoms with Crippen molar-refractivity contribution in [3.8, 4) is 0 Å². The Balaban J connectivity index is 2.62. The summed E-state index contributed by atoms with van der Waals surface area (Å²) in [4.78, 5) is 13.5. The van der Waals surface area contributed by atoms with Crippen LogP contribution in [-0.2, 0) is 4.74 Å². The van der Waals surface area contributed by atoms with Crippen molar-refractivity contribution < 1.29 is 14.6 Å². The molecule has 1 heterocycles. The Morgan fingerprint density at radius 2 is 2.06 bits per heavy atom. The Morgan fingerprint density at radius 1 is 1.50 bits per heavy atom. The summed E-state index contributed by atoms with van der Waals surface area (Å²) in [6, 6.07) is 0. The summed E-state index contributed by atoms with van der Waals surface area (Å²) >= 11 is 0. The third-order valence-electron chi connectivity index (χ3n) is 3.02. The number of ether oxygens (including phenoxy) is 1. The summed E-state index contributed by atoms with van der Waals surface area (Å²) < 4.78 is 5.31. The molecule has 1 rings (SSSR count). The lowest BCUT2D eigenvalue weighted by Gasteiger charge is -2.25. The fourth-order valence-electron chi connectivity index (χ4n) is 1.97. The van der Waals surface area contributed by atoms with Crippen molar-refractivity contribution >= 4 is 6.09 Å². The first-order valence-electron chi connectivity index (χ1n) is 5.74. The summed E-state index contributed by atoms with van der Waals surface area (Å²) in [5, 5.41) is 9.25. The topological polar surface area (TPSA) is 49.8 Å². The molecule has 0 aliphatic carbocycles. The first kappa shape index (κ1) is 13.3. The van der Waals surface area contributed by atoms with Crippen molar-refractivity contribution in [3.05, 3.63) is 0 Å². The lowest BCUT2D eigenvalue weighted by Crippen LogP contribution is -2.36. The number of aliphatic hydroxyl groups excluding tert-OH is 1. The van der Waals surface area contributed by atoms with E-state index in [-0.39, 0.29) is 24.0 Å². The molecule has 1 N–H and O–H groups in total. The summed E-state index contributed by atoms with van der Waals surface area (Å²) in [5.74, 6) is 0.139. The number of likely N-dealkylation sites (tertiary alicyclic amines) is 1. The summed E-state index contributed by atoms with van der Waals surface area (Å²) in [6.07, 6.45) is -0.281. The largest absolute Gasteiger partial charge is 0.444 e. The molecule has 4 heteroatoms. The smallest absolute Gasteiger partial charge is 0.410 e. The molecule has 0 spiro atoms. The van der Waals surface area contributed by atoms with Gasteiger partial charge in [-0.15, -0.1) is 0 Å². The van der Waals surface area contributed by atoms with E-state index < -0.39 is 5.60 Å². The number of carbonyl (C=O) groups excluding carboxylic acids is 1. The maximum Gasteiger partial charge on any atom is 0.410 e. The molecule has 0 bridgehead atoms. The van der Waals surface area contributed by atoms with Crippen LogP contribution < -0.4 is 0 Å². The molecule has 1 atom stereocenters. The van der Waals surface area contributed by atoms with Gasteiger partial charge in [0.15, 0.2) is 0 Å². The van der Waals surface area contributed by atoms with Crippen molar-refractivity contribution in [1.82, 2.24) is 4.90 Å². The van der Waals surface area contributed by atoms with Crippen LogP contribution in [0, 0.1) is 11.3 Å². The normalized spacial score (nSPS) is 24.6. The Morgan fingerprint density at radius 3 is 2.44 bits per heavy atom. The summed E-state index contributed by atoms with van der Waals surface area (Å²) in [6.45, 7) is 11.1. The van der Waals surface area contributed by atoms with E-state index in [1.165, 1.54) is 0 Å². The van der Waals surface area contributed by atoms with E-state index in [1.807, 2.05) is 20.8 Å². The van der Waals surface area contributed by atoms with Crippen LogP contribution in [0.2, 0.25) is 0 Å². The van der Waals surface area contributed by atoms with Crippen molar-refractivity contribution in [1.29, 1.82) is 0 Å². The average Bonchev–Trinajstić information content (AvgIpc) is 2.37. The van der Waals surface area contributed by atoms with Crippen molar-refractivity contribution in [2.75, 3.05) is 19.7 Å².